The van der Waals surface area contributed by atoms with E-state index in [4.69, 9.17) is 0 Å². The average Bonchev–Trinajstić information content (AvgIpc) is 2.64. The van der Waals surface area contributed by atoms with Crippen LogP contribution in [-0.4, -0.2) is 17.7 Å². The van der Waals surface area contributed by atoms with Crippen LogP contribution in [0.1, 0.15) is 47.3 Å². The molecule has 2 aromatic carbocycles. The summed E-state index contributed by atoms with van der Waals surface area (Å²) in [6, 6.07) is 14.4. The van der Waals surface area contributed by atoms with Crippen LogP contribution < -0.4 is 15.8 Å². The first kappa shape index (κ1) is 17.7. The van der Waals surface area contributed by atoms with Gasteiger partial charge in [0.15, 0.2) is 0 Å². The number of carbonyl (C=O) groups excluding carboxylic acids is 3. The molecule has 0 unspecified atom stereocenters. The van der Waals surface area contributed by atoms with Crippen molar-refractivity contribution in [1.82, 2.24) is 10.7 Å². The van der Waals surface area contributed by atoms with Gasteiger partial charge in [-0.15, -0.1) is 0 Å². The van der Waals surface area contributed by atoms with Crippen LogP contribution in [0.5, 0.6) is 0 Å². The number of anilines is 1. The molecule has 6 heteroatoms. The Kier molecular flexibility index (Phi) is 5.02. The zero-order valence-electron chi connectivity index (χ0n) is 14.8. The van der Waals surface area contributed by atoms with E-state index in [2.05, 4.69) is 10.7 Å². The van der Waals surface area contributed by atoms with Crippen molar-refractivity contribution in [2.24, 2.45) is 0 Å². The summed E-state index contributed by atoms with van der Waals surface area (Å²) in [5.41, 5.74) is 5.75. The highest BCUT2D eigenvalue weighted by Crippen LogP contribution is 2.20. The Hall–Kier alpha value is -3.15. The summed E-state index contributed by atoms with van der Waals surface area (Å²) >= 11 is 0. The van der Waals surface area contributed by atoms with Gasteiger partial charge in [0.1, 0.15) is 0 Å². The van der Waals surface area contributed by atoms with Gasteiger partial charge in [-0.3, -0.25) is 19.8 Å². The largest absolute Gasteiger partial charge is 0.346 e. The minimum Gasteiger partial charge on any atom is -0.346 e. The van der Waals surface area contributed by atoms with Crippen LogP contribution in [0, 0.1) is 6.92 Å². The predicted molar refractivity (Wildman–Crippen MR) is 98.4 cm³/mol. The van der Waals surface area contributed by atoms with Gasteiger partial charge in [0.25, 0.3) is 5.91 Å². The van der Waals surface area contributed by atoms with Crippen LogP contribution in [0.3, 0.4) is 0 Å². The Morgan fingerprint density at radius 2 is 1.77 bits per heavy atom. The second-order valence-corrected chi connectivity index (χ2v) is 6.36. The van der Waals surface area contributed by atoms with Gasteiger partial charge in [-0.1, -0.05) is 24.3 Å². The lowest BCUT2D eigenvalue weighted by atomic mass is 10.0. The Bertz CT molecular complexity index is 846. The van der Waals surface area contributed by atoms with E-state index in [1.165, 1.54) is 5.01 Å². The fourth-order valence-corrected chi connectivity index (χ4v) is 2.98. The summed E-state index contributed by atoms with van der Waals surface area (Å²) in [4.78, 5) is 35.9. The molecule has 0 radical (unpaired) electrons. The number of hydrazine groups is 1. The number of benzene rings is 2. The van der Waals surface area contributed by atoms with Crippen molar-refractivity contribution >= 4 is 23.4 Å². The molecule has 134 valence electrons. The first-order chi connectivity index (χ1) is 12.5. The van der Waals surface area contributed by atoms with E-state index in [-0.39, 0.29) is 36.6 Å². The Labute approximate surface area is 152 Å². The number of hydrogen-bond donors (Lipinski definition) is 2. The van der Waals surface area contributed by atoms with E-state index in [0.717, 1.165) is 11.1 Å². The molecule has 0 spiro atoms. The summed E-state index contributed by atoms with van der Waals surface area (Å²) in [5.74, 6) is -0.560. The molecule has 1 aliphatic rings. The molecule has 1 aliphatic heterocycles. The summed E-state index contributed by atoms with van der Waals surface area (Å²) in [5, 5.41) is 4.20. The van der Waals surface area contributed by atoms with E-state index in [0.29, 0.717) is 11.3 Å². The number of hydrogen-bond acceptors (Lipinski definition) is 3. The van der Waals surface area contributed by atoms with E-state index in [1.807, 2.05) is 38.1 Å². The molecule has 26 heavy (non-hydrogen) atoms. The van der Waals surface area contributed by atoms with Gasteiger partial charge in [0.2, 0.25) is 11.8 Å². The van der Waals surface area contributed by atoms with Gasteiger partial charge in [0.05, 0.1) is 11.7 Å². The summed E-state index contributed by atoms with van der Waals surface area (Å²) in [7, 11) is 0. The lowest BCUT2D eigenvalue weighted by molar-refractivity contribution is -0.130. The Morgan fingerprint density at radius 3 is 2.46 bits per heavy atom. The lowest BCUT2D eigenvalue weighted by Gasteiger charge is -2.27. The van der Waals surface area contributed by atoms with Crippen LogP contribution in [0.25, 0.3) is 0 Å². The summed E-state index contributed by atoms with van der Waals surface area (Å²) in [6.07, 6.45) is 0.384. The number of rotatable bonds is 4. The highest BCUT2D eigenvalue weighted by molar-refractivity contribution is 6.01. The van der Waals surface area contributed by atoms with Crippen LogP contribution >= 0.6 is 0 Å². The van der Waals surface area contributed by atoms with Gasteiger partial charge >= 0.3 is 0 Å². The molecule has 0 aliphatic carbocycles. The minimum absolute atomic E-state index is 0.119. The molecule has 2 aromatic rings. The van der Waals surface area contributed by atoms with E-state index in [9.17, 15) is 14.4 Å². The molecule has 1 saturated heterocycles. The fraction of sp³-hybridized carbons (Fsp3) is 0.250. The molecule has 0 bridgehead atoms. The van der Waals surface area contributed by atoms with Crippen molar-refractivity contribution in [3.8, 4) is 0 Å². The quantitative estimate of drug-likeness (QED) is 0.889. The van der Waals surface area contributed by atoms with Crippen molar-refractivity contribution in [3.05, 3.63) is 65.2 Å². The van der Waals surface area contributed by atoms with Gasteiger partial charge in [-0.25, -0.2) is 5.01 Å². The maximum atomic E-state index is 12.5. The number of nitrogens with one attached hydrogen (secondary N) is 2. The zero-order valence-corrected chi connectivity index (χ0v) is 14.8. The second kappa shape index (κ2) is 7.39. The predicted octanol–water partition coefficient (Wildman–Crippen LogP) is 2.64. The van der Waals surface area contributed by atoms with Gasteiger partial charge < -0.3 is 5.32 Å². The summed E-state index contributed by atoms with van der Waals surface area (Å²) < 4.78 is 0. The molecule has 2 N–H and O–H groups in total. The van der Waals surface area contributed by atoms with Crippen molar-refractivity contribution in [2.45, 2.75) is 32.7 Å². The molecule has 1 heterocycles. The molecule has 3 amide bonds. The maximum Gasteiger partial charge on any atom is 0.251 e. The SMILES string of the molecule is Cc1ccccc1[C@@H](C)NC(=O)c1ccc(N2NC(=O)CCC2=O)cc1. The zero-order chi connectivity index (χ0) is 18.7. The minimum atomic E-state index is -0.196. The third-order valence-electron chi connectivity index (χ3n) is 4.44. The lowest BCUT2D eigenvalue weighted by Crippen LogP contribution is -2.50. The molecule has 0 aromatic heterocycles. The molecule has 0 saturated carbocycles. The number of aryl methyl sites for hydroxylation is 1. The highest BCUT2D eigenvalue weighted by Gasteiger charge is 2.24. The van der Waals surface area contributed by atoms with Crippen molar-refractivity contribution < 1.29 is 14.4 Å². The average molecular weight is 351 g/mol. The standard InChI is InChI=1S/C20H21N3O3/c1-13-5-3-4-6-17(13)14(2)21-20(26)15-7-9-16(10-8-15)23-19(25)12-11-18(24)22-23/h3-10,14H,11-12H2,1-2H3,(H,21,26)(H,22,24)/t14-/m1/s1. The Morgan fingerprint density at radius 1 is 1.08 bits per heavy atom. The van der Waals surface area contributed by atoms with Gasteiger partial charge in [-0.2, -0.15) is 0 Å². The summed E-state index contributed by atoms with van der Waals surface area (Å²) in [6.45, 7) is 3.95. The third-order valence-corrected chi connectivity index (χ3v) is 4.44. The van der Waals surface area contributed by atoms with E-state index >= 15 is 0 Å². The van der Waals surface area contributed by atoms with Crippen LogP contribution in [0.4, 0.5) is 5.69 Å². The number of nitrogens with zero attached hydrogens (tertiary/aromatic N) is 1. The van der Waals surface area contributed by atoms with Crippen LogP contribution in [-0.2, 0) is 9.59 Å². The molecular formula is C20H21N3O3. The number of amides is 3. The maximum absolute atomic E-state index is 12.5. The first-order valence-electron chi connectivity index (χ1n) is 8.54. The Balaban J connectivity index is 1.70. The molecule has 1 fully saturated rings. The second-order valence-electron chi connectivity index (χ2n) is 6.36. The monoisotopic (exact) mass is 351 g/mol. The topological polar surface area (TPSA) is 78.5 Å². The van der Waals surface area contributed by atoms with Crippen molar-refractivity contribution in [1.29, 1.82) is 0 Å². The first-order valence-corrected chi connectivity index (χ1v) is 8.54. The van der Waals surface area contributed by atoms with E-state index in [1.54, 1.807) is 24.3 Å². The van der Waals surface area contributed by atoms with Crippen LogP contribution in [0.15, 0.2) is 48.5 Å². The number of carbonyl (C=O) groups is 3. The van der Waals surface area contributed by atoms with E-state index < -0.39 is 0 Å². The molecule has 1 atom stereocenters. The van der Waals surface area contributed by atoms with Crippen molar-refractivity contribution in [2.75, 3.05) is 5.01 Å². The van der Waals surface area contributed by atoms with Crippen molar-refractivity contribution in [3.63, 3.8) is 0 Å². The van der Waals surface area contributed by atoms with Gasteiger partial charge in [0, 0.05) is 18.4 Å². The van der Waals surface area contributed by atoms with Gasteiger partial charge in [-0.05, 0) is 49.2 Å². The molecule has 3 rings (SSSR count). The normalized spacial score (nSPS) is 15.4. The molecule has 6 nitrogen and oxygen atoms in total. The smallest absolute Gasteiger partial charge is 0.251 e. The highest BCUT2D eigenvalue weighted by atomic mass is 16.2. The third kappa shape index (κ3) is 3.74. The molecular weight excluding hydrogens is 330 g/mol. The fourth-order valence-electron chi connectivity index (χ4n) is 2.98. The van der Waals surface area contributed by atoms with Crippen LogP contribution in [0.2, 0.25) is 0 Å².